The predicted octanol–water partition coefficient (Wildman–Crippen LogP) is 4.11. The fraction of sp³-hybridized carbons (Fsp3) is 0.348. The second-order valence-corrected chi connectivity index (χ2v) is 8.94. The number of aryl methyl sites for hydroxylation is 2. The van der Waals surface area contributed by atoms with Gasteiger partial charge in [0.15, 0.2) is 5.16 Å². The highest BCUT2D eigenvalue weighted by Crippen LogP contribution is 2.28. The molecule has 1 amide bonds. The number of thioether (sulfide) groups is 1. The van der Waals surface area contributed by atoms with Crippen LogP contribution in [0.25, 0.3) is 16.6 Å². The monoisotopic (exact) mass is 407 g/mol. The minimum atomic E-state index is -0.308. The first-order chi connectivity index (χ1) is 14.0. The zero-order valence-electron chi connectivity index (χ0n) is 17.0. The SMILES string of the molecule is Cc1ccc(C)c(-n2c(S[C@@H](C)C(=O)N3CCCC3)nc3ccccc3c2=O)c1. The first-order valence-electron chi connectivity index (χ1n) is 10.0. The van der Waals surface area contributed by atoms with Crippen molar-refractivity contribution < 1.29 is 4.79 Å². The van der Waals surface area contributed by atoms with Crippen molar-refractivity contribution >= 4 is 28.6 Å². The van der Waals surface area contributed by atoms with Crippen molar-refractivity contribution in [1.29, 1.82) is 0 Å². The molecule has 1 atom stereocenters. The normalized spacial score (nSPS) is 15.1. The summed E-state index contributed by atoms with van der Waals surface area (Å²) in [5, 5.41) is 0.830. The van der Waals surface area contributed by atoms with Gasteiger partial charge < -0.3 is 4.90 Å². The molecule has 1 aromatic heterocycles. The number of likely N-dealkylation sites (tertiary alicyclic amines) is 1. The number of hydrogen-bond acceptors (Lipinski definition) is 4. The van der Waals surface area contributed by atoms with Gasteiger partial charge in [-0.1, -0.05) is 36.0 Å². The Morgan fingerprint density at radius 3 is 2.59 bits per heavy atom. The number of nitrogens with zero attached hydrogens (tertiary/aromatic N) is 3. The van der Waals surface area contributed by atoms with E-state index in [0.717, 1.165) is 42.7 Å². The highest BCUT2D eigenvalue weighted by atomic mass is 32.2. The van der Waals surface area contributed by atoms with E-state index in [-0.39, 0.29) is 16.7 Å². The molecular formula is C23H25N3O2S. The van der Waals surface area contributed by atoms with Crippen molar-refractivity contribution in [2.24, 2.45) is 0 Å². The maximum atomic E-state index is 13.4. The van der Waals surface area contributed by atoms with Crippen molar-refractivity contribution in [2.75, 3.05) is 13.1 Å². The highest BCUT2D eigenvalue weighted by molar-refractivity contribution is 8.00. The van der Waals surface area contributed by atoms with E-state index in [4.69, 9.17) is 4.98 Å². The summed E-state index contributed by atoms with van der Waals surface area (Å²) in [6.45, 7) is 7.54. The molecule has 0 spiro atoms. The smallest absolute Gasteiger partial charge is 0.266 e. The van der Waals surface area contributed by atoms with Crippen molar-refractivity contribution in [1.82, 2.24) is 14.5 Å². The van der Waals surface area contributed by atoms with Gasteiger partial charge >= 0.3 is 0 Å². The molecule has 2 heterocycles. The average Bonchev–Trinajstić information content (AvgIpc) is 3.25. The summed E-state index contributed by atoms with van der Waals surface area (Å²) in [5.41, 5.74) is 3.43. The van der Waals surface area contributed by atoms with Crippen LogP contribution >= 0.6 is 11.8 Å². The van der Waals surface area contributed by atoms with Crippen LogP contribution in [-0.4, -0.2) is 38.7 Å². The second-order valence-electron chi connectivity index (χ2n) is 7.63. The molecular weight excluding hydrogens is 382 g/mol. The van der Waals surface area contributed by atoms with Crippen LogP contribution in [-0.2, 0) is 4.79 Å². The van der Waals surface area contributed by atoms with Crippen LogP contribution in [0.3, 0.4) is 0 Å². The summed E-state index contributed by atoms with van der Waals surface area (Å²) < 4.78 is 1.67. The predicted molar refractivity (Wildman–Crippen MR) is 118 cm³/mol. The quantitative estimate of drug-likeness (QED) is 0.483. The Kier molecular flexibility index (Phi) is 5.46. The lowest BCUT2D eigenvalue weighted by Gasteiger charge is -2.21. The van der Waals surface area contributed by atoms with E-state index in [1.807, 2.05) is 62.1 Å². The average molecular weight is 408 g/mol. The molecule has 29 heavy (non-hydrogen) atoms. The second kappa shape index (κ2) is 8.03. The lowest BCUT2D eigenvalue weighted by molar-refractivity contribution is -0.129. The zero-order chi connectivity index (χ0) is 20.5. The fourth-order valence-corrected chi connectivity index (χ4v) is 4.77. The fourth-order valence-electron chi connectivity index (χ4n) is 3.77. The largest absolute Gasteiger partial charge is 0.342 e. The Balaban J connectivity index is 1.84. The standard InChI is InChI=1S/C23H25N3O2S/c1-15-10-11-16(2)20(14-15)26-22(28)18-8-4-5-9-19(18)24-23(26)29-17(3)21(27)25-12-6-7-13-25/h4-5,8-11,14,17H,6-7,12-13H2,1-3H3/t17-/m0/s1. The molecule has 0 unspecified atom stereocenters. The number of benzene rings is 2. The number of para-hydroxylation sites is 1. The molecule has 5 nitrogen and oxygen atoms in total. The number of fused-ring (bicyclic) bond motifs is 1. The van der Waals surface area contributed by atoms with Gasteiger partial charge in [0, 0.05) is 13.1 Å². The van der Waals surface area contributed by atoms with Gasteiger partial charge in [0.05, 0.1) is 21.8 Å². The third-order valence-electron chi connectivity index (χ3n) is 5.40. The Morgan fingerprint density at radius 2 is 1.83 bits per heavy atom. The van der Waals surface area contributed by atoms with Crippen LogP contribution in [0.15, 0.2) is 52.4 Å². The van der Waals surface area contributed by atoms with Crippen LogP contribution in [0.5, 0.6) is 0 Å². The van der Waals surface area contributed by atoms with Crippen LogP contribution in [0.4, 0.5) is 0 Å². The molecule has 1 fully saturated rings. The summed E-state index contributed by atoms with van der Waals surface area (Å²) in [6.07, 6.45) is 2.12. The highest BCUT2D eigenvalue weighted by Gasteiger charge is 2.26. The van der Waals surface area contributed by atoms with E-state index in [9.17, 15) is 9.59 Å². The van der Waals surface area contributed by atoms with Crippen LogP contribution in [0.1, 0.15) is 30.9 Å². The van der Waals surface area contributed by atoms with Crippen molar-refractivity contribution in [3.05, 3.63) is 63.9 Å². The zero-order valence-corrected chi connectivity index (χ0v) is 17.8. The van der Waals surface area contributed by atoms with Crippen LogP contribution in [0.2, 0.25) is 0 Å². The van der Waals surface area contributed by atoms with Gasteiger partial charge in [0.25, 0.3) is 5.56 Å². The van der Waals surface area contributed by atoms with E-state index in [1.165, 1.54) is 11.8 Å². The minimum Gasteiger partial charge on any atom is -0.342 e. The first-order valence-corrected chi connectivity index (χ1v) is 10.9. The third kappa shape index (κ3) is 3.81. The molecule has 3 aromatic rings. The maximum Gasteiger partial charge on any atom is 0.266 e. The van der Waals surface area contributed by atoms with Gasteiger partial charge in [0.1, 0.15) is 0 Å². The number of hydrogen-bond donors (Lipinski definition) is 0. The van der Waals surface area contributed by atoms with Gasteiger partial charge in [-0.2, -0.15) is 0 Å². The number of amides is 1. The Hall–Kier alpha value is -2.60. The molecule has 1 aliphatic rings. The first kappa shape index (κ1) is 19.7. The van der Waals surface area contributed by atoms with Gasteiger partial charge in [-0.3, -0.25) is 14.2 Å². The molecule has 0 saturated carbocycles. The van der Waals surface area contributed by atoms with Gasteiger partial charge in [0.2, 0.25) is 5.91 Å². The van der Waals surface area contributed by atoms with Crippen molar-refractivity contribution in [3.8, 4) is 5.69 Å². The Labute approximate surface area is 174 Å². The summed E-state index contributed by atoms with van der Waals surface area (Å²) in [4.78, 5) is 33.0. The van der Waals surface area contributed by atoms with E-state index in [2.05, 4.69) is 0 Å². The van der Waals surface area contributed by atoms with E-state index in [1.54, 1.807) is 10.6 Å². The van der Waals surface area contributed by atoms with Crippen LogP contribution < -0.4 is 5.56 Å². The summed E-state index contributed by atoms with van der Waals surface area (Å²) in [6, 6.07) is 13.4. The summed E-state index contributed by atoms with van der Waals surface area (Å²) in [5.74, 6) is 0.113. The Bertz CT molecular complexity index is 1130. The van der Waals surface area contributed by atoms with Crippen molar-refractivity contribution in [3.63, 3.8) is 0 Å². The molecule has 1 saturated heterocycles. The molecule has 0 aliphatic carbocycles. The lowest BCUT2D eigenvalue weighted by atomic mass is 10.1. The maximum absolute atomic E-state index is 13.4. The lowest BCUT2D eigenvalue weighted by Crippen LogP contribution is -2.34. The third-order valence-corrected chi connectivity index (χ3v) is 6.44. The van der Waals surface area contributed by atoms with Crippen molar-refractivity contribution in [2.45, 2.75) is 44.0 Å². The molecule has 2 aromatic carbocycles. The van der Waals surface area contributed by atoms with Gasteiger partial charge in [-0.25, -0.2) is 4.98 Å². The molecule has 0 radical (unpaired) electrons. The van der Waals surface area contributed by atoms with E-state index < -0.39 is 0 Å². The topological polar surface area (TPSA) is 55.2 Å². The van der Waals surface area contributed by atoms with Gasteiger partial charge in [-0.05, 0) is 62.9 Å². The molecule has 4 rings (SSSR count). The molecule has 150 valence electrons. The van der Waals surface area contributed by atoms with E-state index in [0.29, 0.717) is 16.1 Å². The summed E-state index contributed by atoms with van der Waals surface area (Å²) >= 11 is 1.36. The molecule has 0 bridgehead atoms. The number of carbonyl (C=O) groups is 1. The number of aromatic nitrogens is 2. The van der Waals surface area contributed by atoms with Crippen LogP contribution in [0, 0.1) is 13.8 Å². The van der Waals surface area contributed by atoms with E-state index >= 15 is 0 Å². The molecule has 1 aliphatic heterocycles. The van der Waals surface area contributed by atoms with Gasteiger partial charge in [-0.15, -0.1) is 0 Å². The number of rotatable bonds is 4. The number of carbonyl (C=O) groups excluding carboxylic acids is 1. The Morgan fingerprint density at radius 1 is 1.10 bits per heavy atom. The minimum absolute atomic E-state index is 0.104. The summed E-state index contributed by atoms with van der Waals surface area (Å²) in [7, 11) is 0. The molecule has 6 heteroatoms. The molecule has 0 N–H and O–H groups in total.